The molecule has 1 saturated heterocycles. The highest BCUT2D eigenvalue weighted by atomic mass is 32.2. The third-order valence-electron chi connectivity index (χ3n) is 6.03. The predicted octanol–water partition coefficient (Wildman–Crippen LogP) is 3.55. The summed E-state index contributed by atoms with van der Waals surface area (Å²) in [5.41, 5.74) is 6.29. The van der Waals surface area contributed by atoms with Gasteiger partial charge in [0.25, 0.3) is 5.91 Å². The normalized spacial score (nSPS) is 18.2. The van der Waals surface area contributed by atoms with Crippen LogP contribution in [0.25, 0.3) is 10.8 Å². The Hall–Kier alpha value is -3.50. The van der Waals surface area contributed by atoms with Gasteiger partial charge in [0.15, 0.2) is 4.90 Å². The molecule has 2 heterocycles. The number of primary amides is 1. The largest absolute Gasteiger partial charge is 0.588 e. The highest BCUT2D eigenvalue weighted by Crippen LogP contribution is 2.36. The molecule has 0 aliphatic carbocycles. The van der Waals surface area contributed by atoms with Crippen molar-refractivity contribution in [1.82, 2.24) is 10.3 Å². The van der Waals surface area contributed by atoms with Crippen molar-refractivity contribution < 1.29 is 23.6 Å². The third-order valence-corrected chi connectivity index (χ3v) is 7.13. The molecule has 4 N–H and O–H groups in total. The lowest BCUT2D eigenvalue weighted by atomic mass is 9.98. The van der Waals surface area contributed by atoms with Gasteiger partial charge < -0.3 is 25.1 Å². The van der Waals surface area contributed by atoms with Crippen molar-refractivity contribution in [3.05, 3.63) is 54.2 Å². The number of fused-ring (bicyclic) bond motifs is 1. The zero-order valence-corrected chi connectivity index (χ0v) is 21.3. The minimum Gasteiger partial charge on any atom is -0.588 e. The second-order valence-electron chi connectivity index (χ2n) is 8.94. The summed E-state index contributed by atoms with van der Waals surface area (Å²) in [7, 11) is 0. The predicted molar refractivity (Wildman–Crippen MR) is 138 cm³/mol. The molecule has 36 heavy (non-hydrogen) atoms. The van der Waals surface area contributed by atoms with Gasteiger partial charge in [-0.1, -0.05) is 31.5 Å². The summed E-state index contributed by atoms with van der Waals surface area (Å²) in [5.74, 6) is 0.149. The quantitative estimate of drug-likeness (QED) is 0.355. The van der Waals surface area contributed by atoms with E-state index in [9.17, 15) is 14.1 Å². The standard InChI is InChI=1S/C26H30N4O5S/c1-4-16-10-24(31)29-22(16)14-34-26-19-12-23(35-15(2)3)20(25(27)32)11-18(19)21(13-28-26)30-36(33)17-8-6-5-7-9-17/h5-9,11-13,15-16,22,30H,4,10,14H2,1-3H3,(H2,27,32)(H,29,31)/t16-,22-,36?/m1/s1. The van der Waals surface area contributed by atoms with E-state index < -0.39 is 17.3 Å². The molecule has 0 bridgehead atoms. The Bertz CT molecular complexity index is 1250. The van der Waals surface area contributed by atoms with E-state index in [0.29, 0.717) is 39.4 Å². The molecular formula is C26H30N4O5S. The summed E-state index contributed by atoms with van der Waals surface area (Å²) < 4.78 is 27.9. The topological polar surface area (TPSA) is 139 Å². The highest BCUT2D eigenvalue weighted by Gasteiger charge is 2.32. The number of carbonyl (C=O) groups is 2. The van der Waals surface area contributed by atoms with Crippen LogP contribution in [0, 0.1) is 5.92 Å². The monoisotopic (exact) mass is 510 g/mol. The number of nitrogens with one attached hydrogen (secondary N) is 2. The van der Waals surface area contributed by atoms with Crippen LogP contribution >= 0.6 is 0 Å². The first-order valence-electron chi connectivity index (χ1n) is 11.9. The summed E-state index contributed by atoms with van der Waals surface area (Å²) in [4.78, 5) is 29.2. The van der Waals surface area contributed by atoms with E-state index in [2.05, 4.69) is 15.0 Å². The maximum atomic E-state index is 13.0. The third kappa shape index (κ3) is 5.66. The van der Waals surface area contributed by atoms with Crippen LogP contribution in [0.1, 0.15) is 44.0 Å². The second-order valence-corrected chi connectivity index (χ2v) is 10.2. The van der Waals surface area contributed by atoms with Crippen LogP contribution in [0.4, 0.5) is 5.69 Å². The zero-order valence-electron chi connectivity index (χ0n) is 20.4. The zero-order chi connectivity index (χ0) is 25.8. The molecule has 190 valence electrons. The van der Waals surface area contributed by atoms with Crippen LogP contribution in [-0.4, -0.2) is 40.1 Å². The molecule has 10 heteroatoms. The van der Waals surface area contributed by atoms with E-state index in [0.717, 1.165) is 6.42 Å². The highest BCUT2D eigenvalue weighted by molar-refractivity contribution is 7.92. The van der Waals surface area contributed by atoms with Crippen molar-refractivity contribution in [2.75, 3.05) is 11.3 Å². The lowest BCUT2D eigenvalue weighted by Gasteiger charge is -2.20. The second kappa shape index (κ2) is 11.0. The smallest absolute Gasteiger partial charge is 0.252 e. The number of hydrogen-bond acceptors (Lipinski definition) is 7. The van der Waals surface area contributed by atoms with Gasteiger partial charge in [-0.25, -0.2) is 9.71 Å². The maximum Gasteiger partial charge on any atom is 0.252 e. The number of hydrogen-bond donors (Lipinski definition) is 3. The molecule has 2 aromatic carbocycles. The van der Waals surface area contributed by atoms with Crippen molar-refractivity contribution in [3.8, 4) is 11.6 Å². The SMILES string of the molecule is CC[C@@H]1CC(=O)N[C@@H]1COc1ncc(N[S+]([O-])c2ccccc2)c2cc(C(N)=O)c(OC(C)C)cc12. The van der Waals surface area contributed by atoms with E-state index in [4.69, 9.17) is 15.2 Å². The average molecular weight is 511 g/mol. The van der Waals surface area contributed by atoms with E-state index in [1.165, 1.54) is 6.20 Å². The van der Waals surface area contributed by atoms with Crippen molar-refractivity contribution in [2.45, 2.75) is 50.7 Å². The van der Waals surface area contributed by atoms with Gasteiger partial charge in [0, 0.05) is 17.2 Å². The summed E-state index contributed by atoms with van der Waals surface area (Å²) >= 11 is -1.57. The van der Waals surface area contributed by atoms with E-state index >= 15 is 0 Å². The van der Waals surface area contributed by atoms with Gasteiger partial charge in [-0.15, -0.1) is 0 Å². The Kier molecular flexibility index (Phi) is 7.85. The van der Waals surface area contributed by atoms with Gasteiger partial charge in [0.2, 0.25) is 11.8 Å². The van der Waals surface area contributed by atoms with Gasteiger partial charge in [-0.2, -0.15) is 0 Å². The molecule has 1 aliphatic rings. The van der Waals surface area contributed by atoms with Crippen LogP contribution in [0.15, 0.2) is 53.6 Å². The van der Waals surface area contributed by atoms with Crippen LogP contribution in [0.5, 0.6) is 11.6 Å². The minimum absolute atomic E-state index is 0.00919. The number of benzene rings is 2. The summed E-state index contributed by atoms with van der Waals surface area (Å²) in [6.07, 6.45) is 2.63. The molecule has 2 amide bonds. The number of carbonyl (C=O) groups excluding carboxylic acids is 2. The van der Waals surface area contributed by atoms with Gasteiger partial charge in [-0.05, 0) is 44.0 Å². The first-order chi connectivity index (χ1) is 17.3. The van der Waals surface area contributed by atoms with E-state index in [-0.39, 0.29) is 36.1 Å². The molecule has 4 rings (SSSR count). The van der Waals surface area contributed by atoms with Crippen molar-refractivity contribution in [2.24, 2.45) is 11.7 Å². The fourth-order valence-electron chi connectivity index (χ4n) is 4.22. The lowest BCUT2D eigenvalue weighted by molar-refractivity contribution is -0.119. The van der Waals surface area contributed by atoms with Gasteiger partial charge in [0.1, 0.15) is 29.4 Å². The summed E-state index contributed by atoms with van der Waals surface area (Å²) in [6, 6.07) is 12.1. The number of nitrogens with two attached hydrogens (primary N) is 1. The lowest BCUT2D eigenvalue weighted by Crippen LogP contribution is -2.34. The van der Waals surface area contributed by atoms with Crippen molar-refractivity contribution >= 4 is 39.6 Å². The summed E-state index contributed by atoms with van der Waals surface area (Å²) in [5, 5.41) is 4.07. The van der Waals surface area contributed by atoms with Crippen LogP contribution in [0.2, 0.25) is 0 Å². The van der Waals surface area contributed by atoms with Crippen LogP contribution < -0.4 is 25.2 Å². The fraction of sp³-hybridized carbons (Fsp3) is 0.346. The molecule has 1 unspecified atom stereocenters. The molecule has 1 fully saturated rings. The van der Waals surface area contributed by atoms with Crippen molar-refractivity contribution in [1.29, 1.82) is 0 Å². The van der Waals surface area contributed by atoms with Gasteiger partial charge in [0.05, 0.1) is 23.9 Å². The first kappa shape index (κ1) is 25.6. The van der Waals surface area contributed by atoms with Gasteiger partial charge in [-0.3, -0.25) is 9.59 Å². The molecule has 1 aromatic heterocycles. The number of rotatable bonds is 10. The molecule has 0 saturated carbocycles. The Morgan fingerprint density at radius 3 is 2.69 bits per heavy atom. The molecule has 3 aromatic rings. The Morgan fingerprint density at radius 2 is 2.03 bits per heavy atom. The number of amides is 2. The first-order valence-corrected chi connectivity index (χ1v) is 13.0. The number of aromatic nitrogens is 1. The summed E-state index contributed by atoms with van der Waals surface area (Å²) in [6.45, 7) is 5.98. The maximum absolute atomic E-state index is 13.0. The van der Waals surface area contributed by atoms with Crippen LogP contribution in [-0.2, 0) is 16.2 Å². The van der Waals surface area contributed by atoms with E-state index in [1.807, 2.05) is 26.8 Å². The Labute approximate surface area is 213 Å². The minimum atomic E-state index is -1.57. The molecule has 1 aliphatic heterocycles. The van der Waals surface area contributed by atoms with Crippen molar-refractivity contribution in [3.63, 3.8) is 0 Å². The molecular weight excluding hydrogens is 480 g/mol. The molecule has 0 radical (unpaired) electrons. The molecule has 3 atom stereocenters. The molecule has 0 spiro atoms. The fourth-order valence-corrected chi connectivity index (χ4v) is 5.11. The number of anilines is 1. The average Bonchev–Trinajstić information content (AvgIpc) is 3.22. The van der Waals surface area contributed by atoms with Crippen LogP contribution in [0.3, 0.4) is 0 Å². The Morgan fingerprint density at radius 1 is 1.28 bits per heavy atom. The number of ether oxygens (including phenoxy) is 2. The Balaban J connectivity index is 1.74. The molecule has 9 nitrogen and oxygen atoms in total. The number of nitrogens with zero attached hydrogens (tertiary/aromatic N) is 1. The van der Waals surface area contributed by atoms with Gasteiger partial charge >= 0.3 is 0 Å². The van der Waals surface area contributed by atoms with E-state index in [1.54, 1.807) is 36.4 Å². The number of pyridine rings is 1.